The Labute approximate surface area is 203 Å². The number of unbranched alkanes of at least 4 members (excludes halogenated alkanes) is 1. The minimum absolute atomic E-state index is 0.000625. The van der Waals surface area contributed by atoms with Crippen molar-refractivity contribution in [3.63, 3.8) is 0 Å². The fourth-order valence-corrected chi connectivity index (χ4v) is 2.37. The van der Waals surface area contributed by atoms with Crippen molar-refractivity contribution >= 4 is 17.6 Å². The molecule has 0 aliphatic carbocycles. The molecule has 0 radical (unpaired) electrons. The Morgan fingerprint density at radius 1 is 0.529 bits per heavy atom. The Balaban J connectivity index is 3.26. The predicted molar refractivity (Wildman–Crippen MR) is 126 cm³/mol. The first-order chi connectivity index (χ1) is 16.6. The molecule has 0 bridgehead atoms. The van der Waals surface area contributed by atoms with Gasteiger partial charge in [0, 0.05) is 46.1 Å². The summed E-state index contributed by atoms with van der Waals surface area (Å²) < 4.78 is 31.8. The number of Topliss-reactive ketones (excluding diaryl/α,β-unsaturated/α-hetero) is 1. The highest BCUT2D eigenvalue weighted by atomic mass is 16.5. The van der Waals surface area contributed by atoms with E-state index in [9.17, 15) is 14.4 Å². The van der Waals surface area contributed by atoms with Crippen LogP contribution in [-0.4, -0.2) is 110 Å². The molecule has 0 saturated carbocycles. The van der Waals surface area contributed by atoms with Gasteiger partial charge in [-0.25, -0.2) is 0 Å². The van der Waals surface area contributed by atoms with Gasteiger partial charge in [-0.05, 0) is 26.2 Å². The molecule has 2 N–H and O–H groups in total. The van der Waals surface area contributed by atoms with Gasteiger partial charge in [0.15, 0.2) is 5.78 Å². The van der Waals surface area contributed by atoms with Crippen LogP contribution in [-0.2, 0) is 42.8 Å². The minimum atomic E-state index is -0.202. The molecule has 0 aliphatic rings. The summed E-state index contributed by atoms with van der Waals surface area (Å²) in [4.78, 5) is 33.9. The molecule has 0 aromatic rings. The molecule has 2 amide bonds. The predicted octanol–water partition coefficient (Wildman–Crippen LogP) is 0.488. The maximum atomic E-state index is 11.6. The van der Waals surface area contributed by atoms with Crippen molar-refractivity contribution in [1.82, 2.24) is 10.6 Å². The van der Waals surface area contributed by atoms with Gasteiger partial charge in [0.1, 0.15) is 19.8 Å². The van der Waals surface area contributed by atoms with Gasteiger partial charge in [-0.15, -0.1) is 0 Å². The van der Waals surface area contributed by atoms with Gasteiger partial charge in [0.2, 0.25) is 11.8 Å². The molecule has 0 aliphatic heterocycles. The standard InChI is InChI=1S/C23H44N2O9/c1-3-4-9-31-16-17-34-20-23(28)25-8-15-30-11-6-13-33-19-22(27)24-7-14-29-10-5-12-32-18-21(2)26/h3-20H2,1-2H3,(H,24,27)(H,25,28). The number of nitrogens with one attached hydrogen (secondary N) is 2. The second-order valence-corrected chi connectivity index (χ2v) is 7.46. The van der Waals surface area contributed by atoms with Crippen LogP contribution >= 0.6 is 0 Å². The Morgan fingerprint density at radius 3 is 1.47 bits per heavy atom. The molecule has 0 unspecified atom stereocenters. The van der Waals surface area contributed by atoms with Crippen molar-refractivity contribution in [2.24, 2.45) is 0 Å². The number of amides is 2. The second-order valence-electron chi connectivity index (χ2n) is 7.46. The van der Waals surface area contributed by atoms with Crippen LogP contribution in [0.4, 0.5) is 0 Å². The highest BCUT2D eigenvalue weighted by Crippen LogP contribution is 1.89. The van der Waals surface area contributed by atoms with E-state index in [0.717, 1.165) is 19.4 Å². The maximum absolute atomic E-state index is 11.6. The van der Waals surface area contributed by atoms with E-state index in [1.54, 1.807) is 0 Å². The Kier molecular flexibility index (Phi) is 24.7. The van der Waals surface area contributed by atoms with E-state index >= 15 is 0 Å². The van der Waals surface area contributed by atoms with Crippen molar-refractivity contribution in [3.8, 4) is 0 Å². The van der Waals surface area contributed by atoms with Crippen LogP contribution in [0.5, 0.6) is 0 Å². The van der Waals surface area contributed by atoms with Crippen molar-refractivity contribution in [2.75, 3.05) is 92.4 Å². The Hall–Kier alpha value is -1.63. The van der Waals surface area contributed by atoms with Crippen LogP contribution < -0.4 is 10.6 Å². The molecule has 0 aromatic heterocycles. The smallest absolute Gasteiger partial charge is 0.246 e. The highest BCUT2D eigenvalue weighted by molar-refractivity contribution is 5.77. The number of hydrogen-bond acceptors (Lipinski definition) is 9. The highest BCUT2D eigenvalue weighted by Gasteiger charge is 2.02. The molecular weight excluding hydrogens is 448 g/mol. The zero-order valence-electron chi connectivity index (χ0n) is 20.9. The summed E-state index contributed by atoms with van der Waals surface area (Å²) in [7, 11) is 0. The van der Waals surface area contributed by atoms with Crippen molar-refractivity contribution in [1.29, 1.82) is 0 Å². The molecule has 11 heteroatoms. The van der Waals surface area contributed by atoms with Crippen LogP contribution in [0, 0.1) is 0 Å². The Bertz CT molecular complexity index is 507. The zero-order chi connectivity index (χ0) is 25.1. The first-order valence-electron chi connectivity index (χ1n) is 12.1. The van der Waals surface area contributed by atoms with Gasteiger partial charge in [-0.1, -0.05) is 13.3 Å². The van der Waals surface area contributed by atoms with E-state index in [1.807, 2.05) is 0 Å². The van der Waals surface area contributed by atoms with Crippen LogP contribution in [0.2, 0.25) is 0 Å². The third-order valence-corrected chi connectivity index (χ3v) is 4.08. The van der Waals surface area contributed by atoms with Crippen LogP contribution in [0.15, 0.2) is 0 Å². The first kappa shape index (κ1) is 32.4. The van der Waals surface area contributed by atoms with Crippen molar-refractivity contribution in [3.05, 3.63) is 0 Å². The zero-order valence-corrected chi connectivity index (χ0v) is 20.9. The van der Waals surface area contributed by atoms with Gasteiger partial charge in [0.05, 0.1) is 26.4 Å². The fourth-order valence-electron chi connectivity index (χ4n) is 2.37. The average Bonchev–Trinajstić information content (AvgIpc) is 2.81. The van der Waals surface area contributed by atoms with Crippen molar-refractivity contribution in [2.45, 2.75) is 39.5 Å². The lowest BCUT2D eigenvalue weighted by Crippen LogP contribution is -2.31. The lowest BCUT2D eigenvalue weighted by Gasteiger charge is -2.09. The van der Waals surface area contributed by atoms with E-state index in [-0.39, 0.29) is 37.4 Å². The molecule has 0 heterocycles. The quantitative estimate of drug-likeness (QED) is 0.166. The molecule has 34 heavy (non-hydrogen) atoms. The van der Waals surface area contributed by atoms with Crippen LogP contribution in [0.3, 0.4) is 0 Å². The summed E-state index contributed by atoms with van der Waals surface area (Å²) in [6.07, 6.45) is 3.47. The SMILES string of the molecule is CCCCOCCOCC(=O)NCCOCCCOCC(=O)NCCOCCCOCC(C)=O. The van der Waals surface area contributed by atoms with E-state index in [2.05, 4.69) is 17.6 Å². The van der Waals surface area contributed by atoms with Crippen LogP contribution in [0.25, 0.3) is 0 Å². The topological polar surface area (TPSA) is 131 Å². The Morgan fingerprint density at radius 2 is 0.941 bits per heavy atom. The summed E-state index contributed by atoms with van der Waals surface area (Å²) in [5.41, 5.74) is 0. The molecule has 0 fully saturated rings. The normalized spacial score (nSPS) is 10.9. The number of rotatable bonds is 26. The lowest BCUT2D eigenvalue weighted by molar-refractivity contribution is -0.126. The fraction of sp³-hybridized carbons (Fsp3) is 0.870. The number of hydrogen-bond donors (Lipinski definition) is 2. The van der Waals surface area contributed by atoms with E-state index < -0.39 is 0 Å². The van der Waals surface area contributed by atoms with E-state index in [1.165, 1.54) is 6.92 Å². The lowest BCUT2D eigenvalue weighted by atomic mass is 10.4. The van der Waals surface area contributed by atoms with Gasteiger partial charge >= 0.3 is 0 Å². The van der Waals surface area contributed by atoms with Gasteiger partial charge in [-0.3, -0.25) is 14.4 Å². The second kappa shape index (κ2) is 26.0. The van der Waals surface area contributed by atoms with Gasteiger partial charge < -0.3 is 39.1 Å². The summed E-state index contributed by atoms with van der Waals surface area (Å²) in [5, 5.41) is 5.42. The summed E-state index contributed by atoms with van der Waals surface area (Å²) in [6.45, 7) is 8.82. The number of carbonyl (C=O) groups is 3. The summed E-state index contributed by atoms with van der Waals surface area (Å²) in [5.74, 6) is -0.386. The summed E-state index contributed by atoms with van der Waals surface area (Å²) in [6, 6.07) is 0. The van der Waals surface area contributed by atoms with E-state index in [0.29, 0.717) is 78.8 Å². The van der Waals surface area contributed by atoms with Gasteiger partial charge in [0.25, 0.3) is 0 Å². The molecule has 0 saturated heterocycles. The molecule has 0 aromatic carbocycles. The maximum Gasteiger partial charge on any atom is 0.246 e. The molecule has 11 nitrogen and oxygen atoms in total. The number of ketones is 1. The first-order valence-corrected chi connectivity index (χ1v) is 12.1. The molecule has 0 spiro atoms. The third kappa shape index (κ3) is 26.6. The minimum Gasteiger partial charge on any atom is -0.380 e. The van der Waals surface area contributed by atoms with Crippen LogP contribution in [0.1, 0.15) is 39.5 Å². The monoisotopic (exact) mass is 492 g/mol. The third-order valence-electron chi connectivity index (χ3n) is 4.08. The average molecular weight is 493 g/mol. The molecule has 0 atom stereocenters. The molecule has 200 valence electrons. The van der Waals surface area contributed by atoms with Gasteiger partial charge in [-0.2, -0.15) is 0 Å². The van der Waals surface area contributed by atoms with E-state index in [4.69, 9.17) is 28.4 Å². The molecule has 0 rings (SSSR count). The summed E-state index contributed by atoms with van der Waals surface area (Å²) >= 11 is 0. The number of carbonyl (C=O) groups excluding carboxylic acids is 3. The van der Waals surface area contributed by atoms with Crippen molar-refractivity contribution < 1.29 is 42.8 Å². The molecular formula is C23H44N2O9. The number of ether oxygens (including phenoxy) is 6. The largest absolute Gasteiger partial charge is 0.380 e.